The van der Waals surface area contributed by atoms with E-state index in [1.807, 2.05) is 17.2 Å². The average Bonchev–Trinajstić information content (AvgIpc) is 2.74. The summed E-state index contributed by atoms with van der Waals surface area (Å²) in [5, 5.41) is 2.98. The Morgan fingerprint density at radius 1 is 1.71 bits per heavy atom. The molecule has 1 aliphatic heterocycles. The van der Waals surface area contributed by atoms with E-state index in [0.717, 1.165) is 17.1 Å². The van der Waals surface area contributed by atoms with Crippen molar-refractivity contribution in [2.45, 2.75) is 32.7 Å². The number of thiazole rings is 1. The fourth-order valence-electron chi connectivity index (χ4n) is 2.07. The van der Waals surface area contributed by atoms with E-state index in [0.29, 0.717) is 26.2 Å². The van der Waals surface area contributed by atoms with Crippen LogP contribution in [0.1, 0.15) is 24.0 Å². The van der Waals surface area contributed by atoms with Gasteiger partial charge in [-0.2, -0.15) is 0 Å². The Morgan fingerprint density at radius 3 is 3.18 bits per heavy atom. The molecule has 0 aliphatic carbocycles. The standard InChI is InChI=1S/C12H18N2O2S/c1-3-11-7-16-5-4-14(11)12(15)6-10-8-17-9(2)13-10/h8,11H,3-7H2,1-2H3/t11-/m0/s1. The number of ether oxygens (including phenoxy) is 1. The van der Waals surface area contributed by atoms with Gasteiger partial charge in [-0.1, -0.05) is 6.92 Å². The van der Waals surface area contributed by atoms with Crippen LogP contribution < -0.4 is 0 Å². The lowest BCUT2D eigenvalue weighted by Crippen LogP contribution is -2.48. The zero-order valence-electron chi connectivity index (χ0n) is 10.3. The van der Waals surface area contributed by atoms with Gasteiger partial charge in [0.05, 0.1) is 36.4 Å². The smallest absolute Gasteiger partial charge is 0.229 e. The number of hydrogen-bond acceptors (Lipinski definition) is 4. The molecular weight excluding hydrogens is 236 g/mol. The molecule has 4 nitrogen and oxygen atoms in total. The van der Waals surface area contributed by atoms with Gasteiger partial charge in [0, 0.05) is 11.9 Å². The zero-order chi connectivity index (χ0) is 12.3. The van der Waals surface area contributed by atoms with Crippen LogP contribution in [0.2, 0.25) is 0 Å². The van der Waals surface area contributed by atoms with E-state index < -0.39 is 0 Å². The number of morpholine rings is 1. The molecule has 2 rings (SSSR count). The number of rotatable bonds is 3. The lowest BCUT2D eigenvalue weighted by atomic mass is 10.1. The highest BCUT2D eigenvalue weighted by atomic mass is 32.1. The van der Waals surface area contributed by atoms with Crippen molar-refractivity contribution in [2.75, 3.05) is 19.8 Å². The molecule has 1 saturated heterocycles. The first kappa shape index (κ1) is 12.5. The third-order valence-corrected chi connectivity index (χ3v) is 3.84. The SMILES string of the molecule is CC[C@H]1COCCN1C(=O)Cc1csc(C)n1. The Bertz CT molecular complexity index is 392. The van der Waals surface area contributed by atoms with Crippen LogP contribution in [0.25, 0.3) is 0 Å². The second-order valence-corrected chi connectivity index (χ2v) is 5.32. The first-order chi connectivity index (χ1) is 8.20. The molecule has 1 amide bonds. The van der Waals surface area contributed by atoms with Gasteiger partial charge >= 0.3 is 0 Å². The summed E-state index contributed by atoms with van der Waals surface area (Å²) in [4.78, 5) is 18.5. The Morgan fingerprint density at radius 2 is 2.53 bits per heavy atom. The Hall–Kier alpha value is -0.940. The molecule has 0 bridgehead atoms. The number of carbonyl (C=O) groups excluding carboxylic acids is 1. The van der Waals surface area contributed by atoms with E-state index in [1.54, 1.807) is 11.3 Å². The summed E-state index contributed by atoms with van der Waals surface area (Å²) in [6.45, 7) is 6.08. The number of aryl methyl sites for hydroxylation is 1. The van der Waals surface area contributed by atoms with Crippen LogP contribution in [0.4, 0.5) is 0 Å². The Balaban J connectivity index is 1.98. The van der Waals surface area contributed by atoms with E-state index in [4.69, 9.17) is 4.74 Å². The highest BCUT2D eigenvalue weighted by molar-refractivity contribution is 7.09. The van der Waals surface area contributed by atoms with Crippen LogP contribution in [0.15, 0.2) is 5.38 Å². The molecule has 5 heteroatoms. The normalized spacial score (nSPS) is 20.6. The van der Waals surface area contributed by atoms with Gasteiger partial charge in [-0.05, 0) is 13.3 Å². The Kier molecular flexibility index (Phi) is 4.12. The summed E-state index contributed by atoms with van der Waals surface area (Å²) in [5.41, 5.74) is 0.888. The van der Waals surface area contributed by atoms with Gasteiger partial charge in [0.2, 0.25) is 5.91 Å². The molecule has 1 fully saturated rings. The van der Waals surface area contributed by atoms with Gasteiger partial charge in [0.1, 0.15) is 0 Å². The average molecular weight is 254 g/mol. The van der Waals surface area contributed by atoms with Crippen LogP contribution in [0.3, 0.4) is 0 Å². The van der Waals surface area contributed by atoms with Crippen LogP contribution >= 0.6 is 11.3 Å². The molecular formula is C12H18N2O2S. The number of hydrogen-bond donors (Lipinski definition) is 0. The van der Waals surface area contributed by atoms with Crippen molar-refractivity contribution >= 4 is 17.2 Å². The maximum Gasteiger partial charge on any atom is 0.229 e. The van der Waals surface area contributed by atoms with Gasteiger partial charge in [-0.25, -0.2) is 4.98 Å². The predicted molar refractivity (Wildman–Crippen MR) is 67.2 cm³/mol. The number of carbonyl (C=O) groups is 1. The van der Waals surface area contributed by atoms with Gasteiger partial charge in [-0.3, -0.25) is 4.79 Å². The van der Waals surface area contributed by atoms with E-state index >= 15 is 0 Å². The van der Waals surface area contributed by atoms with Gasteiger partial charge in [0.25, 0.3) is 0 Å². The van der Waals surface area contributed by atoms with Crippen molar-refractivity contribution in [2.24, 2.45) is 0 Å². The molecule has 0 spiro atoms. The second-order valence-electron chi connectivity index (χ2n) is 4.26. The number of nitrogens with zero attached hydrogens (tertiary/aromatic N) is 2. The summed E-state index contributed by atoms with van der Waals surface area (Å²) in [6.07, 6.45) is 1.36. The monoisotopic (exact) mass is 254 g/mol. The second kappa shape index (κ2) is 5.60. The molecule has 0 aromatic carbocycles. The zero-order valence-corrected chi connectivity index (χ0v) is 11.1. The van der Waals surface area contributed by atoms with Crippen molar-refractivity contribution in [1.29, 1.82) is 0 Å². The molecule has 0 unspecified atom stereocenters. The number of aromatic nitrogens is 1. The molecule has 1 aliphatic rings. The number of amides is 1. The van der Waals surface area contributed by atoms with Crippen LogP contribution in [-0.2, 0) is 16.0 Å². The quantitative estimate of drug-likeness (QED) is 0.823. The largest absolute Gasteiger partial charge is 0.377 e. The maximum atomic E-state index is 12.2. The lowest BCUT2D eigenvalue weighted by Gasteiger charge is -2.35. The predicted octanol–water partition coefficient (Wildman–Crippen LogP) is 1.63. The van der Waals surface area contributed by atoms with Crippen molar-refractivity contribution in [3.8, 4) is 0 Å². The minimum absolute atomic E-state index is 0.172. The minimum Gasteiger partial charge on any atom is -0.377 e. The molecule has 0 N–H and O–H groups in total. The third kappa shape index (κ3) is 3.04. The van der Waals surface area contributed by atoms with Crippen LogP contribution in [0, 0.1) is 6.92 Å². The van der Waals surface area contributed by atoms with E-state index in [2.05, 4.69) is 11.9 Å². The van der Waals surface area contributed by atoms with Gasteiger partial charge < -0.3 is 9.64 Å². The topological polar surface area (TPSA) is 42.4 Å². The van der Waals surface area contributed by atoms with Crippen molar-refractivity contribution in [1.82, 2.24) is 9.88 Å². The van der Waals surface area contributed by atoms with Crippen molar-refractivity contribution < 1.29 is 9.53 Å². The summed E-state index contributed by atoms with van der Waals surface area (Å²) in [5.74, 6) is 0.172. The molecule has 2 heterocycles. The molecule has 17 heavy (non-hydrogen) atoms. The van der Waals surface area contributed by atoms with E-state index in [9.17, 15) is 4.79 Å². The minimum atomic E-state index is 0.172. The Labute approximate surface area is 106 Å². The highest BCUT2D eigenvalue weighted by Gasteiger charge is 2.26. The van der Waals surface area contributed by atoms with Gasteiger partial charge in [-0.15, -0.1) is 11.3 Å². The molecule has 0 radical (unpaired) electrons. The molecule has 1 aromatic rings. The first-order valence-electron chi connectivity index (χ1n) is 5.99. The first-order valence-corrected chi connectivity index (χ1v) is 6.87. The summed E-state index contributed by atoms with van der Waals surface area (Å²) in [7, 11) is 0. The van der Waals surface area contributed by atoms with Crippen LogP contribution in [0.5, 0.6) is 0 Å². The van der Waals surface area contributed by atoms with Crippen LogP contribution in [-0.4, -0.2) is 41.6 Å². The maximum absolute atomic E-state index is 12.2. The molecule has 0 saturated carbocycles. The summed E-state index contributed by atoms with van der Waals surface area (Å²) < 4.78 is 5.40. The highest BCUT2D eigenvalue weighted by Crippen LogP contribution is 2.14. The molecule has 94 valence electrons. The van der Waals surface area contributed by atoms with E-state index in [1.165, 1.54) is 0 Å². The molecule has 1 atom stereocenters. The molecule has 1 aromatic heterocycles. The van der Waals surface area contributed by atoms with Crippen molar-refractivity contribution in [3.63, 3.8) is 0 Å². The van der Waals surface area contributed by atoms with Gasteiger partial charge in [0.15, 0.2) is 0 Å². The fraction of sp³-hybridized carbons (Fsp3) is 0.667. The third-order valence-electron chi connectivity index (χ3n) is 3.02. The fourth-order valence-corrected chi connectivity index (χ4v) is 2.68. The summed E-state index contributed by atoms with van der Waals surface area (Å²) in [6, 6.07) is 0.232. The summed E-state index contributed by atoms with van der Waals surface area (Å²) >= 11 is 1.59. The lowest BCUT2D eigenvalue weighted by molar-refractivity contribution is -0.139. The van der Waals surface area contributed by atoms with E-state index in [-0.39, 0.29) is 11.9 Å². The van der Waals surface area contributed by atoms with Crippen molar-refractivity contribution in [3.05, 3.63) is 16.1 Å².